The second-order valence-electron chi connectivity index (χ2n) is 8.66. The van der Waals surface area contributed by atoms with E-state index in [9.17, 15) is 4.79 Å². The molecule has 2 aliphatic rings. The lowest BCUT2D eigenvalue weighted by atomic mass is 10.1. The zero-order chi connectivity index (χ0) is 18.5. The van der Waals surface area contributed by atoms with Crippen LogP contribution in [0, 0.1) is 6.92 Å². The standard InChI is InChI=1S/C20H29N5O/c1-13-22-16(17-7-5-6-10-24(13)17)12-21-19(26)15-11-18(14-8-9-14)25(23-15)20(2,3)4/h11,14H,5-10,12H2,1-4H3,(H,21,26). The van der Waals surface area contributed by atoms with Crippen molar-refractivity contribution in [2.45, 2.75) is 84.3 Å². The lowest BCUT2D eigenvalue weighted by Crippen LogP contribution is -2.27. The van der Waals surface area contributed by atoms with E-state index >= 15 is 0 Å². The van der Waals surface area contributed by atoms with Gasteiger partial charge in [0.2, 0.25) is 0 Å². The first-order valence-electron chi connectivity index (χ1n) is 9.78. The number of nitrogens with zero attached hydrogens (tertiary/aromatic N) is 4. The first-order valence-corrected chi connectivity index (χ1v) is 9.78. The quantitative estimate of drug-likeness (QED) is 0.915. The minimum absolute atomic E-state index is 0.106. The third kappa shape index (κ3) is 3.17. The summed E-state index contributed by atoms with van der Waals surface area (Å²) in [7, 11) is 0. The summed E-state index contributed by atoms with van der Waals surface area (Å²) in [5.74, 6) is 1.51. The van der Waals surface area contributed by atoms with Gasteiger partial charge < -0.3 is 9.88 Å². The maximum Gasteiger partial charge on any atom is 0.272 e. The highest BCUT2D eigenvalue weighted by molar-refractivity contribution is 5.92. The topological polar surface area (TPSA) is 64.7 Å². The second kappa shape index (κ2) is 6.25. The van der Waals surface area contributed by atoms with Gasteiger partial charge >= 0.3 is 0 Å². The van der Waals surface area contributed by atoms with Gasteiger partial charge in [0.15, 0.2) is 0 Å². The van der Waals surface area contributed by atoms with Gasteiger partial charge in [0.05, 0.1) is 17.8 Å². The molecule has 0 atom stereocenters. The largest absolute Gasteiger partial charge is 0.345 e. The Balaban J connectivity index is 1.51. The molecule has 6 nitrogen and oxygen atoms in total. The molecule has 4 rings (SSSR count). The van der Waals surface area contributed by atoms with Crippen molar-refractivity contribution in [3.63, 3.8) is 0 Å². The SMILES string of the molecule is Cc1nc(CNC(=O)c2cc(C3CC3)n(C(C)(C)C)n2)c2n1CCCC2. The van der Waals surface area contributed by atoms with E-state index in [0.29, 0.717) is 18.2 Å². The number of aryl methyl sites for hydroxylation is 1. The minimum Gasteiger partial charge on any atom is -0.345 e. The maximum absolute atomic E-state index is 12.7. The number of carbonyl (C=O) groups is 1. The third-order valence-corrected chi connectivity index (χ3v) is 5.41. The van der Waals surface area contributed by atoms with Gasteiger partial charge in [-0.25, -0.2) is 4.98 Å². The molecule has 0 saturated heterocycles. The fourth-order valence-corrected chi connectivity index (χ4v) is 3.92. The molecule has 2 aromatic rings. The van der Waals surface area contributed by atoms with Crippen molar-refractivity contribution in [1.82, 2.24) is 24.6 Å². The second-order valence-corrected chi connectivity index (χ2v) is 8.66. The van der Waals surface area contributed by atoms with E-state index in [1.54, 1.807) is 0 Å². The molecule has 140 valence electrons. The zero-order valence-electron chi connectivity index (χ0n) is 16.3. The molecule has 1 aliphatic heterocycles. The molecule has 3 heterocycles. The van der Waals surface area contributed by atoms with Gasteiger partial charge in [0, 0.05) is 23.9 Å². The molecule has 1 amide bonds. The molecule has 1 fully saturated rings. The van der Waals surface area contributed by atoms with Crippen LogP contribution in [0.1, 0.15) is 85.8 Å². The molecule has 0 unspecified atom stereocenters. The van der Waals surface area contributed by atoms with Gasteiger partial charge in [-0.15, -0.1) is 0 Å². The first-order chi connectivity index (χ1) is 12.3. The Bertz CT molecular complexity index is 835. The number of hydrogen-bond acceptors (Lipinski definition) is 3. The van der Waals surface area contributed by atoms with Crippen LogP contribution in [0.4, 0.5) is 0 Å². The van der Waals surface area contributed by atoms with E-state index < -0.39 is 0 Å². The Morgan fingerprint density at radius 2 is 2.08 bits per heavy atom. The van der Waals surface area contributed by atoms with E-state index in [2.05, 4.69) is 40.7 Å². The van der Waals surface area contributed by atoms with Crippen molar-refractivity contribution in [2.24, 2.45) is 0 Å². The van der Waals surface area contributed by atoms with E-state index in [4.69, 9.17) is 0 Å². The monoisotopic (exact) mass is 355 g/mol. The van der Waals surface area contributed by atoms with Crippen LogP contribution in [0.2, 0.25) is 0 Å². The van der Waals surface area contributed by atoms with Crippen LogP contribution >= 0.6 is 0 Å². The number of fused-ring (bicyclic) bond motifs is 1. The van der Waals surface area contributed by atoms with E-state index in [-0.39, 0.29) is 11.4 Å². The predicted molar refractivity (Wildman–Crippen MR) is 100 cm³/mol. The van der Waals surface area contributed by atoms with E-state index in [0.717, 1.165) is 24.5 Å². The van der Waals surface area contributed by atoms with Gasteiger partial charge in [0.1, 0.15) is 11.5 Å². The Morgan fingerprint density at radius 1 is 1.31 bits per heavy atom. The van der Waals surface area contributed by atoms with Crippen LogP contribution in [-0.2, 0) is 25.0 Å². The lowest BCUT2D eigenvalue weighted by Gasteiger charge is -2.22. The first kappa shape index (κ1) is 17.3. The number of aromatic nitrogens is 4. The molecule has 0 bridgehead atoms. The smallest absolute Gasteiger partial charge is 0.272 e. The Kier molecular flexibility index (Phi) is 4.16. The van der Waals surface area contributed by atoms with Crippen LogP contribution in [0.5, 0.6) is 0 Å². The molecule has 2 aromatic heterocycles. The molecule has 1 saturated carbocycles. The number of imidazole rings is 1. The van der Waals surface area contributed by atoms with Crippen molar-refractivity contribution in [3.8, 4) is 0 Å². The molecule has 0 radical (unpaired) electrons. The van der Waals surface area contributed by atoms with E-state index in [1.807, 2.05) is 17.7 Å². The average molecular weight is 355 g/mol. The van der Waals surface area contributed by atoms with Gasteiger partial charge in [0.25, 0.3) is 5.91 Å². The van der Waals surface area contributed by atoms with Gasteiger partial charge in [-0.05, 0) is 65.9 Å². The molecule has 1 N–H and O–H groups in total. The average Bonchev–Trinajstić information content (AvgIpc) is 3.25. The third-order valence-electron chi connectivity index (χ3n) is 5.41. The van der Waals surface area contributed by atoms with Crippen molar-refractivity contribution in [1.29, 1.82) is 0 Å². The summed E-state index contributed by atoms with van der Waals surface area (Å²) in [5.41, 5.74) is 3.89. The van der Waals surface area contributed by atoms with Crippen molar-refractivity contribution >= 4 is 5.91 Å². The summed E-state index contributed by atoms with van der Waals surface area (Å²) in [6, 6.07) is 1.98. The Morgan fingerprint density at radius 3 is 2.77 bits per heavy atom. The highest BCUT2D eigenvalue weighted by Crippen LogP contribution is 2.41. The zero-order valence-corrected chi connectivity index (χ0v) is 16.3. The molecular formula is C20H29N5O. The van der Waals surface area contributed by atoms with Crippen molar-refractivity contribution in [3.05, 3.63) is 34.7 Å². The van der Waals surface area contributed by atoms with Gasteiger partial charge in [-0.3, -0.25) is 9.48 Å². The molecule has 6 heteroatoms. The summed E-state index contributed by atoms with van der Waals surface area (Å²) in [6.07, 6.45) is 5.86. The van der Waals surface area contributed by atoms with E-state index in [1.165, 1.54) is 37.1 Å². The van der Waals surface area contributed by atoms with Crippen LogP contribution in [0.3, 0.4) is 0 Å². The highest BCUT2D eigenvalue weighted by atomic mass is 16.1. The summed E-state index contributed by atoms with van der Waals surface area (Å²) in [4.78, 5) is 17.4. The Hall–Kier alpha value is -2.11. The minimum atomic E-state index is -0.115. The molecule has 0 aromatic carbocycles. The number of hydrogen-bond donors (Lipinski definition) is 1. The fourth-order valence-electron chi connectivity index (χ4n) is 3.92. The van der Waals surface area contributed by atoms with Crippen molar-refractivity contribution in [2.75, 3.05) is 0 Å². The summed E-state index contributed by atoms with van der Waals surface area (Å²) in [5, 5.41) is 7.67. The van der Waals surface area contributed by atoms with Crippen molar-refractivity contribution < 1.29 is 4.79 Å². The lowest BCUT2D eigenvalue weighted by molar-refractivity contribution is 0.0943. The molecule has 0 spiro atoms. The number of rotatable bonds is 4. The highest BCUT2D eigenvalue weighted by Gasteiger charge is 2.32. The van der Waals surface area contributed by atoms with Crippen LogP contribution < -0.4 is 5.32 Å². The summed E-state index contributed by atoms with van der Waals surface area (Å²) < 4.78 is 4.33. The van der Waals surface area contributed by atoms with Crippen LogP contribution in [0.25, 0.3) is 0 Å². The molecule has 26 heavy (non-hydrogen) atoms. The Labute approximate surface area is 155 Å². The predicted octanol–water partition coefficient (Wildman–Crippen LogP) is 3.29. The molecular weight excluding hydrogens is 326 g/mol. The van der Waals surface area contributed by atoms with Crippen LogP contribution in [0.15, 0.2) is 6.07 Å². The molecule has 1 aliphatic carbocycles. The van der Waals surface area contributed by atoms with Gasteiger partial charge in [-0.1, -0.05) is 0 Å². The van der Waals surface area contributed by atoms with Gasteiger partial charge in [-0.2, -0.15) is 5.10 Å². The summed E-state index contributed by atoms with van der Waals surface area (Å²) >= 11 is 0. The normalized spacial score (nSPS) is 17.2. The number of carbonyl (C=O) groups excluding carboxylic acids is 1. The maximum atomic E-state index is 12.7. The fraction of sp³-hybridized carbons (Fsp3) is 0.650. The van der Waals surface area contributed by atoms with Crippen LogP contribution in [-0.4, -0.2) is 25.2 Å². The number of amides is 1. The number of nitrogens with one attached hydrogen (secondary N) is 1. The summed E-state index contributed by atoms with van der Waals surface area (Å²) in [6.45, 7) is 9.97.